The third-order valence-corrected chi connectivity index (χ3v) is 4.90. The first kappa shape index (κ1) is 15.8. The number of nitrogens with two attached hydrogens (primary N) is 1. The average molecular weight is 281 g/mol. The fraction of sp³-hybridized carbons (Fsp3) is 0.938. The lowest BCUT2D eigenvalue weighted by Crippen LogP contribution is -2.51. The van der Waals surface area contributed by atoms with Crippen molar-refractivity contribution in [3.8, 4) is 0 Å². The van der Waals surface area contributed by atoms with Gasteiger partial charge in [-0.1, -0.05) is 32.6 Å². The van der Waals surface area contributed by atoms with Crippen LogP contribution >= 0.6 is 0 Å². The van der Waals surface area contributed by atoms with Crippen LogP contribution in [0.1, 0.15) is 64.7 Å². The largest absolute Gasteiger partial charge is 0.352 e. The highest BCUT2D eigenvalue weighted by molar-refractivity contribution is 5.81. The molecule has 1 saturated heterocycles. The summed E-state index contributed by atoms with van der Waals surface area (Å²) in [6, 6.07) is 0.823. The second-order valence-corrected chi connectivity index (χ2v) is 6.51. The van der Waals surface area contributed by atoms with E-state index in [9.17, 15) is 4.79 Å². The van der Waals surface area contributed by atoms with Crippen LogP contribution in [0.2, 0.25) is 0 Å². The summed E-state index contributed by atoms with van der Waals surface area (Å²) in [7, 11) is 0. The van der Waals surface area contributed by atoms with Crippen LogP contribution in [0.3, 0.4) is 0 Å². The Kier molecular flexibility index (Phi) is 6.30. The topological polar surface area (TPSA) is 58.4 Å². The van der Waals surface area contributed by atoms with Crippen molar-refractivity contribution in [1.29, 1.82) is 0 Å². The molecule has 0 aromatic rings. The summed E-state index contributed by atoms with van der Waals surface area (Å²) in [4.78, 5) is 14.6. The lowest BCUT2D eigenvalue weighted by molar-refractivity contribution is -0.123. The maximum absolute atomic E-state index is 11.9. The number of piperidine rings is 1. The van der Waals surface area contributed by atoms with Gasteiger partial charge in [0, 0.05) is 25.2 Å². The van der Waals surface area contributed by atoms with Gasteiger partial charge in [0.1, 0.15) is 0 Å². The fourth-order valence-corrected chi connectivity index (χ4v) is 3.61. The van der Waals surface area contributed by atoms with Crippen molar-refractivity contribution in [3.05, 3.63) is 0 Å². The summed E-state index contributed by atoms with van der Waals surface area (Å²) >= 11 is 0. The lowest BCUT2D eigenvalue weighted by atomic mass is 9.92. The SMILES string of the molecule is CCCC(N)C(=O)NC1CCN(C2CCCCC2)CC1. The van der Waals surface area contributed by atoms with E-state index in [1.54, 1.807) is 0 Å². The molecule has 116 valence electrons. The Hall–Kier alpha value is -0.610. The van der Waals surface area contributed by atoms with Crippen molar-refractivity contribution in [1.82, 2.24) is 10.2 Å². The van der Waals surface area contributed by atoms with Gasteiger partial charge in [0.25, 0.3) is 0 Å². The molecule has 4 nitrogen and oxygen atoms in total. The Morgan fingerprint density at radius 2 is 1.85 bits per heavy atom. The molecule has 2 fully saturated rings. The lowest BCUT2D eigenvalue weighted by Gasteiger charge is -2.39. The monoisotopic (exact) mass is 281 g/mol. The Labute approximate surface area is 123 Å². The molecule has 0 spiro atoms. The minimum Gasteiger partial charge on any atom is -0.352 e. The highest BCUT2D eigenvalue weighted by Gasteiger charge is 2.27. The molecule has 1 heterocycles. The van der Waals surface area contributed by atoms with E-state index in [1.807, 2.05) is 0 Å². The zero-order chi connectivity index (χ0) is 14.4. The molecule has 4 heteroatoms. The van der Waals surface area contributed by atoms with E-state index >= 15 is 0 Å². The van der Waals surface area contributed by atoms with E-state index in [1.165, 1.54) is 32.1 Å². The number of amides is 1. The van der Waals surface area contributed by atoms with Gasteiger partial charge in [0.2, 0.25) is 5.91 Å². The van der Waals surface area contributed by atoms with Gasteiger partial charge in [-0.3, -0.25) is 4.79 Å². The molecule has 1 unspecified atom stereocenters. The third-order valence-electron chi connectivity index (χ3n) is 4.90. The van der Waals surface area contributed by atoms with E-state index in [0.29, 0.717) is 6.04 Å². The molecule has 0 aromatic heterocycles. The van der Waals surface area contributed by atoms with Gasteiger partial charge >= 0.3 is 0 Å². The van der Waals surface area contributed by atoms with Gasteiger partial charge in [0.05, 0.1) is 6.04 Å². The molecule has 2 rings (SSSR count). The van der Waals surface area contributed by atoms with Crippen LogP contribution < -0.4 is 11.1 Å². The van der Waals surface area contributed by atoms with E-state index in [4.69, 9.17) is 5.73 Å². The van der Waals surface area contributed by atoms with Crippen LogP contribution in [0, 0.1) is 0 Å². The van der Waals surface area contributed by atoms with Gasteiger partial charge in [-0.05, 0) is 32.1 Å². The molecule has 2 aliphatic rings. The van der Waals surface area contributed by atoms with E-state index in [2.05, 4.69) is 17.1 Å². The smallest absolute Gasteiger partial charge is 0.237 e. The number of hydrogen-bond acceptors (Lipinski definition) is 3. The second kappa shape index (κ2) is 7.99. The predicted octanol–water partition coefficient (Wildman–Crippen LogP) is 2.03. The van der Waals surface area contributed by atoms with E-state index < -0.39 is 0 Å². The summed E-state index contributed by atoms with van der Waals surface area (Å²) in [5, 5.41) is 3.14. The Morgan fingerprint density at radius 3 is 2.45 bits per heavy atom. The summed E-state index contributed by atoms with van der Waals surface area (Å²) in [5.41, 5.74) is 5.87. The summed E-state index contributed by atoms with van der Waals surface area (Å²) in [5.74, 6) is 0.0444. The molecule has 20 heavy (non-hydrogen) atoms. The number of rotatable bonds is 5. The summed E-state index contributed by atoms with van der Waals surface area (Å²) < 4.78 is 0. The maximum Gasteiger partial charge on any atom is 0.237 e. The number of hydrogen-bond donors (Lipinski definition) is 2. The van der Waals surface area contributed by atoms with Gasteiger partial charge in [-0.25, -0.2) is 0 Å². The number of nitrogens with zero attached hydrogens (tertiary/aromatic N) is 1. The molecule has 1 aliphatic carbocycles. The second-order valence-electron chi connectivity index (χ2n) is 6.51. The highest BCUT2D eigenvalue weighted by atomic mass is 16.2. The molecular weight excluding hydrogens is 250 g/mol. The molecule has 0 aromatic carbocycles. The average Bonchev–Trinajstić information content (AvgIpc) is 2.49. The highest BCUT2D eigenvalue weighted by Crippen LogP contribution is 2.25. The molecule has 0 radical (unpaired) electrons. The number of carbonyl (C=O) groups is 1. The third kappa shape index (κ3) is 4.45. The van der Waals surface area contributed by atoms with Gasteiger partial charge in [-0.2, -0.15) is 0 Å². The molecule has 3 N–H and O–H groups in total. The van der Waals surface area contributed by atoms with Gasteiger partial charge in [-0.15, -0.1) is 0 Å². The van der Waals surface area contributed by atoms with Crippen LogP contribution in [0.25, 0.3) is 0 Å². The molecule has 1 aliphatic heterocycles. The van der Waals surface area contributed by atoms with Crippen molar-refractivity contribution in [2.75, 3.05) is 13.1 Å². The standard InChI is InChI=1S/C16H31N3O/c1-2-6-15(17)16(20)18-13-9-11-19(12-10-13)14-7-4-3-5-8-14/h13-15H,2-12,17H2,1H3,(H,18,20). The molecule has 1 saturated carbocycles. The van der Waals surface area contributed by atoms with Crippen LogP contribution in [0.15, 0.2) is 0 Å². The van der Waals surface area contributed by atoms with Gasteiger partial charge in [0.15, 0.2) is 0 Å². The number of nitrogens with one attached hydrogen (secondary N) is 1. The van der Waals surface area contributed by atoms with Gasteiger partial charge < -0.3 is 16.0 Å². The zero-order valence-electron chi connectivity index (χ0n) is 12.9. The van der Waals surface area contributed by atoms with Crippen LogP contribution in [-0.2, 0) is 4.79 Å². The minimum atomic E-state index is -0.323. The zero-order valence-corrected chi connectivity index (χ0v) is 12.9. The van der Waals surface area contributed by atoms with Crippen molar-refractivity contribution < 1.29 is 4.79 Å². The molecule has 1 atom stereocenters. The first-order valence-corrected chi connectivity index (χ1v) is 8.50. The first-order chi connectivity index (χ1) is 9.70. The molecule has 0 bridgehead atoms. The minimum absolute atomic E-state index is 0.0444. The maximum atomic E-state index is 11.9. The van der Waals surface area contributed by atoms with E-state index in [-0.39, 0.29) is 11.9 Å². The van der Waals surface area contributed by atoms with E-state index in [0.717, 1.165) is 44.8 Å². The quantitative estimate of drug-likeness (QED) is 0.810. The number of carbonyl (C=O) groups excluding carboxylic acids is 1. The Morgan fingerprint density at radius 1 is 1.20 bits per heavy atom. The molecule has 1 amide bonds. The summed E-state index contributed by atoms with van der Waals surface area (Å²) in [6.07, 6.45) is 10.9. The summed E-state index contributed by atoms with van der Waals surface area (Å²) in [6.45, 7) is 4.34. The number of likely N-dealkylation sites (tertiary alicyclic amines) is 1. The van der Waals surface area contributed by atoms with Crippen LogP contribution in [-0.4, -0.2) is 42.0 Å². The molecular formula is C16H31N3O. The predicted molar refractivity (Wildman–Crippen MR) is 82.5 cm³/mol. The van der Waals surface area contributed by atoms with Crippen LogP contribution in [0.4, 0.5) is 0 Å². The Balaban J connectivity index is 1.69. The first-order valence-electron chi connectivity index (χ1n) is 8.50. The van der Waals surface area contributed by atoms with Crippen molar-refractivity contribution in [2.45, 2.75) is 82.8 Å². The van der Waals surface area contributed by atoms with Crippen LogP contribution in [0.5, 0.6) is 0 Å². The van der Waals surface area contributed by atoms with Crippen molar-refractivity contribution >= 4 is 5.91 Å². The fourth-order valence-electron chi connectivity index (χ4n) is 3.61. The van der Waals surface area contributed by atoms with Crippen molar-refractivity contribution in [3.63, 3.8) is 0 Å². The normalized spacial score (nSPS) is 24.5. The Bertz CT molecular complexity index is 294. The van der Waals surface area contributed by atoms with Crippen molar-refractivity contribution in [2.24, 2.45) is 5.73 Å².